The van der Waals surface area contributed by atoms with Gasteiger partial charge >= 0.3 is 0 Å². The molecule has 3 amide bonds. The molecule has 5 rings (SSSR count). The molecule has 1 aromatic carbocycles. The zero-order valence-corrected chi connectivity index (χ0v) is 20.3. The molecule has 0 spiro atoms. The summed E-state index contributed by atoms with van der Waals surface area (Å²) in [5.41, 5.74) is 7.94. The van der Waals surface area contributed by atoms with Gasteiger partial charge in [-0.2, -0.15) is 0 Å². The summed E-state index contributed by atoms with van der Waals surface area (Å²) in [6.45, 7) is 2.68. The van der Waals surface area contributed by atoms with Gasteiger partial charge in [0.25, 0.3) is 5.91 Å². The molecule has 2 aromatic heterocycles. The Balaban J connectivity index is 1.25. The fourth-order valence-corrected chi connectivity index (χ4v) is 6.05. The summed E-state index contributed by atoms with van der Waals surface area (Å²) in [6, 6.07) is 10.3. The van der Waals surface area contributed by atoms with Gasteiger partial charge in [-0.3, -0.25) is 14.4 Å². The lowest BCUT2D eigenvalue weighted by atomic mass is 9.91. The fourth-order valence-electron chi connectivity index (χ4n) is 5.23. The van der Waals surface area contributed by atoms with Crippen molar-refractivity contribution in [2.45, 2.75) is 32.2 Å². The number of nitrogens with two attached hydrogens (primary N) is 1. The van der Waals surface area contributed by atoms with Crippen LogP contribution in [0.4, 0.5) is 4.39 Å². The van der Waals surface area contributed by atoms with Crippen molar-refractivity contribution >= 4 is 39.3 Å². The van der Waals surface area contributed by atoms with Gasteiger partial charge in [-0.1, -0.05) is 12.1 Å². The van der Waals surface area contributed by atoms with Crippen LogP contribution in [0.1, 0.15) is 41.7 Å². The molecule has 0 bridgehead atoms. The summed E-state index contributed by atoms with van der Waals surface area (Å²) in [5, 5.41) is 2.00. The molecule has 2 aliphatic rings. The summed E-state index contributed by atoms with van der Waals surface area (Å²) in [6.07, 6.45) is 2.52. The van der Waals surface area contributed by atoms with Crippen LogP contribution in [0, 0.1) is 17.7 Å². The van der Waals surface area contributed by atoms with Crippen molar-refractivity contribution in [2.24, 2.45) is 17.6 Å². The van der Waals surface area contributed by atoms with Crippen molar-refractivity contribution in [2.75, 3.05) is 26.2 Å². The van der Waals surface area contributed by atoms with Crippen LogP contribution >= 0.6 is 11.3 Å². The molecule has 4 heterocycles. The molecule has 9 heteroatoms. The number of amides is 3. The van der Waals surface area contributed by atoms with E-state index < -0.39 is 0 Å². The number of primary amides is 1. The minimum Gasteiger partial charge on any atom is -0.369 e. The molecular weight excluding hydrogens is 467 g/mol. The van der Waals surface area contributed by atoms with E-state index in [2.05, 4.69) is 0 Å². The van der Waals surface area contributed by atoms with E-state index >= 15 is 0 Å². The molecule has 2 N–H and O–H groups in total. The third-order valence-electron chi connectivity index (χ3n) is 7.34. The number of likely N-dealkylation sites (tertiary alicyclic amines) is 2. The zero-order chi connectivity index (χ0) is 24.5. The number of hydrogen-bond donors (Lipinski definition) is 1. The van der Waals surface area contributed by atoms with Crippen molar-refractivity contribution < 1.29 is 18.8 Å². The Kier molecular flexibility index (Phi) is 6.60. The SMILES string of the molecule is NC(=O)C1CCN(C(=O)C2CCN(C(=O)c3cc4sccc4n3Cc3ccc(F)cc3)CC2)CC1. The van der Waals surface area contributed by atoms with E-state index in [1.54, 1.807) is 23.5 Å². The van der Waals surface area contributed by atoms with Crippen LogP contribution in [-0.2, 0) is 16.1 Å². The Morgan fingerprint density at radius 2 is 1.54 bits per heavy atom. The van der Waals surface area contributed by atoms with Crippen molar-refractivity contribution in [3.63, 3.8) is 0 Å². The van der Waals surface area contributed by atoms with Gasteiger partial charge in [0.1, 0.15) is 11.5 Å². The summed E-state index contributed by atoms with van der Waals surface area (Å²) in [5.74, 6) is -0.720. The molecule has 7 nitrogen and oxygen atoms in total. The van der Waals surface area contributed by atoms with E-state index in [-0.39, 0.29) is 35.4 Å². The highest BCUT2D eigenvalue weighted by Gasteiger charge is 2.34. The largest absolute Gasteiger partial charge is 0.369 e. The normalized spacial score (nSPS) is 17.7. The highest BCUT2D eigenvalue weighted by molar-refractivity contribution is 7.17. The van der Waals surface area contributed by atoms with Crippen LogP contribution in [0.25, 0.3) is 10.2 Å². The first-order valence-corrected chi connectivity index (χ1v) is 13.0. The van der Waals surface area contributed by atoms with Crippen LogP contribution < -0.4 is 5.73 Å². The maximum atomic E-state index is 13.5. The lowest BCUT2D eigenvalue weighted by Crippen LogP contribution is -2.47. The van der Waals surface area contributed by atoms with Gasteiger partial charge in [0.15, 0.2) is 0 Å². The molecule has 0 aliphatic carbocycles. The smallest absolute Gasteiger partial charge is 0.270 e. The van der Waals surface area contributed by atoms with Gasteiger partial charge in [-0.15, -0.1) is 11.3 Å². The summed E-state index contributed by atoms with van der Waals surface area (Å²) >= 11 is 1.59. The first kappa shape index (κ1) is 23.5. The number of benzene rings is 1. The second kappa shape index (κ2) is 9.81. The van der Waals surface area contributed by atoms with Crippen LogP contribution in [0.3, 0.4) is 0 Å². The Hall–Kier alpha value is -3.20. The number of thiophene rings is 1. The maximum absolute atomic E-state index is 13.5. The minimum absolute atomic E-state index is 0.0383. The fraction of sp³-hybridized carbons (Fsp3) is 0.423. The van der Waals surface area contributed by atoms with E-state index in [0.29, 0.717) is 64.1 Å². The van der Waals surface area contributed by atoms with Gasteiger partial charge < -0.3 is 20.1 Å². The number of piperidine rings is 2. The lowest BCUT2D eigenvalue weighted by Gasteiger charge is -2.36. The van der Waals surface area contributed by atoms with Gasteiger partial charge in [0.2, 0.25) is 11.8 Å². The molecule has 0 radical (unpaired) electrons. The van der Waals surface area contributed by atoms with Gasteiger partial charge in [-0.05, 0) is 60.9 Å². The highest BCUT2D eigenvalue weighted by Crippen LogP contribution is 2.29. The van der Waals surface area contributed by atoms with Gasteiger partial charge in [-0.25, -0.2) is 4.39 Å². The van der Waals surface area contributed by atoms with Gasteiger partial charge in [0.05, 0.1) is 10.2 Å². The monoisotopic (exact) mass is 496 g/mol. The third-order valence-corrected chi connectivity index (χ3v) is 8.19. The molecule has 2 fully saturated rings. The van der Waals surface area contributed by atoms with E-state index in [4.69, 9.17) is 5.73 Å². The van der Waals surface area contributed by atoms with E-state index in [1.165, 1.54) is 12.1 Å². The Bertz CT molecular complexity index is 1240. The molecule has 0 atom stereocenters. The number of carbonyl (C=O) groups excluding carboxylic acids is 3. The second-order valence-corrected chi connectivity index (χ2v) is 10.4. The summed E-state index contributed by atoms with van der Waals surface area (Å²) in [7, 11) is 0. The van der Waals surface area contributed by atoms with Crippen LogP contribution in [0.15, 0.2) is 41.8 Å². The van der Waals surface area contributed by atoms with E-state index in [0.717, 1.165) is 15.8 Å². The van der Waals surface area contributed by atoms with E-state index in [9.17, 15) is 18.8 Å². The molecule has 184 valence electrons. The highest BCUT2D eigenvalue weighted by atomic mass is 32.1. The predicted molar refractivity (Wildman–Crippen MR) is 132 cm³/mol. The Morgan fingerprint density at radius 1 is 0.914 bits per heavy atom. The number of carbonyl (C=O) groups is 3. The summed E-state index contributed by atoms with van der Waals surface area (Å²) in [4.78, 5) is 41.6. The average molecular weight is 497 g/mol. The third kappa shape index (κ3) is 4.82. The number of hydrogen-bond acceptors (Lipinski definition) is 4. The number of fused-ring (bicyclic) bond motifs is 1. The summed E-state index contributed by atoms with van der Waals surface area (Å²) < 4.78 is 16.4. The number of nitrogens with zero attached hydrogens (tertiary/aromatic N) is 3. The van der Waals surface area contributed by atoms with Crippen molar-refractivity contribution in [3.8, 4) is 0 Å². The number of halogens is 1. The number of aromatic nitrogens is 1. The zero-order valence-electron chi connectivity index (χ0n) is 19.5. The molecule has 2 saturated heterocycles. The lowest BCUT2D eigenvalue weighted by molar-refractivity contribution is -0.139. The van der Waals surface area contributed by atoms with Crippen LogP contribution in [-0.4, -0.2) is 58.3 Å². The second-order valence-electron chi connectivity index (χ2n) is 9.48. The molecule has 3 aromatic rings. The van der Waals surface area contributed by atoms with Crippen LogP contribution in [0.5, 0.6) is 0 Å². The van der Waals surface area contributed by atoms with Crippen molar-refractivity contribution in [1.82, 2.24) is 14.4 Å². The van der Waals surface area contributed by atoms with Gasteiger partial charge in [0, 0.05) is 44.6 Å². The predicted octanol–water partition coefficient (Wildman–Crippen LogP) is 3.47. The molecule has 0 unspecified atom stereocenters. The quantitative estimate of drug-likeness (QED) is 0.587. The average Bonchev–Trinajstić information content (AvgIpc) is 3.47. The van der Waals surface area contributed by atoms with E-state index in [1.807, 2.05) is 31.9 Å². The topological polar surface area (TPSA) is 88.6 Å². The Labute approximate surface area is 207 Å². The molecule has 2 aliphatic heterocycles. The molecule has 0 saturated carbocycles. The first-order valence-electron chi connectivity index (χ1n) is 12.1. The first-order chi connectivity index (χ1) is 16.9. The molecule has 35 heavy (non-hydrogen) atoms. The molecular formula is C26H29FN4O3S. The van der Waals surface area contributed by atoms with Crippen LogP contribution in [0.2, 0.25) is 0 Å². The minimum atomic E-state index is -0.284. The number of rotatable bonds is 5. The van der Waals surface area contributed by atoms with Crippen molar-refractivity contribution in [1.29, 1.82) is 0 Å². The maximum Gasteiger partial charge on any atom is 0.270 e. The Morgan fingerprint density at radius 3 is 2.20 bits per heavy atom. The standard InChI is InChI=1S/C26H29FN4O3S/c27-20-3-1-17(2-4-20)16-31-21-9-14-35-23(21)15-22(31)26(34)30-12-7-19(8-13-30)25(33)29-10-5-18(6-11-29)24(28)32/h1-4,9,14-15,18-19H,5-8,10-13,16H2,(H2,28,32). The van der Waals surface area contributed by atoms with Crippen molar-refractivity contribution in [3.05, 3.63) is 58.9 Å².